The minimum Gasteiger partial charge on any atom is -0.495 e. The maximum Gasteiger partial charge on any atom is 0.241 e. The van der Waals surface area contributed by atoms with Crippen LogP contribution >= 0.6 is 0 Å². The van der Waals surface area contributed by atoms with E-state index in [4.69, 9.17) is 9.88 Å². The first-order valence-electron chi connectivity index (χ1n) is 5.30. The number of rotatable bonds is 5. The van der Waals surface area contributed by atoms with E-state index in [9.17, 15) is 16.8 Å². The summed E-state index contributed by atoms with van der Waals surface area (Å²) >= 11 is 0. The molecule has 0 atom stereocenters. The van der Waals surface area contributed by atoms with Crippen LogP contribution in [0.1, 0.15) is 13.8 Å². The van der Waals surface area contributed by atoms with E-state index in [1.54, 1.807) is 0 Å². The molecule has 0 aromatic heterocycles. The quantitative estimate of drug-likeness (QED) is 0.821. The fourth-order valence-electron chi connectivity index (χ4n) is 1.24. The van der Waals surface area contributed by atoms with Gasteiger partial charge in [-0.25, -0.2) is 22.0 Å². The molecule has 1 aromatic carbocycles. The molecule has 108 valence electrons. The lowest BCUT2D eigenvalue weighted by Gasteiger charge is -2.13. The summed E-state index contributed by atoms with van der Waals surface area (Å²) in [5.74, 6) is 0.0509. The van der Waals surface area contributed by atoms with Gasteiger partial charge >= 0.3 is 0 Å². The lowest BCUT2D eigenvalue weighted by Crippen LogP contribution is -2.23. The van der Waals surface area contributed by atoms with Gasteiger partial charge in [0.15, 0.2) is 0 Å². The molecule has 3 N–H and O–H groups in total. The van der Waals surface area contributed by atoms with E-state index in [1.807, 2.05) is 0 Å². The summed E-state index contributed by atoms with van der Waals surface area (Å²) < 4.78 is 53.3. The predicted octanol–water partition coefficient (Wildman–Crippen LogP) is 0.493. The van der Waals surface area contributed by atoms with Crippen molar-refractivity contribution >= 4 is 25.7 Å². The molecule has 0 amide bonds. The van der Waals surface area contributed by atoms with Gasteiger partial charge in [0.25, 0.3) is 0 Å². The number of hydrogen-bond donors (Lipinski definition) is 2. The molecule has 0 saturated heterocycles. The molecule has 19 heavy (non-hydrogen) atoms. The Morgan fingerprint density at radius 1 is 1.21 bits per heavy atom. The number of primary sulfonamides is 1. The van der Waals surface area contributed by atoms with Gasteiger partial charge in [0.05, 0.1) is 18.0 Å². The summed E-state index contributed by atoms with van der Waals surface area (Å²) in [6.45, 7) is 3.01. The molecular weight excluding hydrogens is 292 g/mol. The summed E-state index contributed by atoms with van der Waals surface area (Å²) in [6.07, 6.45) is 0. The summed E-state index contributed by atoms with van der Waals surface area (Å²) in [5.41, 5.74) is 0.110. The van der Waals surface area contributed by atoms with Crippen LogP contribution in [-0.4, -0.2) is 29.2 Å². The van der Waals surface area contributed by atoms with Gasteiger partial charge < -0.3 is 4.74 Å². The van der Waals surface area contributed by atoms with Crippen molar-refractivity contribution in [3.63, 3.8) is 0 Å². The number of nitrogens with two attached hydrogens (primary N) is 1. The fraction of sp³-hybridized carbons (Fsp3) is 0.400. The molecular formula is C10H16N2O5S2. The Morgan fingerprint density at radius 3 is 2.21 bits per heavy atom. The highest BCUT2D eigenvalue weighted by molar-refractivity contribution is 7.93. The summed E-state index contributed by atoms with van der Waals surface area (Å²) in [7, 11) is -6.27. The van der Waals surface area contributed by atoms with Crippen LogP contribution in [0.2, 0.25) is 0 Å². The molecule has 0 aliphatic rings. The number of sulfonamides is 2. The first-order valence-corrected chi connectivity index (χ1v) is 8.39. The van der Waals surface area contributed by atoms with Crippen molar-refractivity contribution in [3.8, 4) is 5.75 Å². The van der Waals surface area contributed by atoms with E-state index < -0.39 is 25.3 Å². The molecule has 0 fully saturated rings. The van der Waals surface area contributed by atoms with Gasteiger partial charge in [0, 0.05) is 0 Å². The molecule has 0 bridgehead atoms. The van der Waals surface area contributed by atoms with Crippen molar-refractivity contribution in [2.24, 2.45) is 5.14 Å². The Balaban J connectivity index is 3.28. The van der Waals surface area contributed by atoms with Crippen LogP contribution in [0.25, 0.3) is 0 Å². The molecule has 7 nitrogen and oxygen atoms in total. The van der Waals surface area contributed by atoms with Crippen LogP contribution < -0.4 is 14.6 Å². The van der Waals surface area contributed by atoms with Crippen molar-refractivity contribution in [2.75, 3.05) is 11.8 Å². The van der Waals surface area contributed by atoms with Gasteiger partial charge in [-0.15, -0.1) is 0 Å². The number of methoxy groups -OCH3 is 1. The molecule has 0 aliphatic carbocycles. The first kappa shape index (κ1) is 15.7. The molecule has 1 rings (SSSR count). The van der Waals surface area contributed by atoms with Crippen LogP contribution in [-0.2, 0) is 20.0 Å². The highest BCUT2D eigenvalue weighted by Crippen LogP contribution is 2.26. The maximum absolute atomic E-state index is 11.7. The van der Waals surface area contributed by atoms with Gasteiger partial charge in [-0.05, 0) is 32.0 Å². The third-order valence-electron chi connectivity index (χ3n) is 2.35. The SMILES string of the molecule is COc1ccc(NS(=O)(=O)C(C)C)cc1S(N)(=O)=O. The van der Waals surface area contributed by atoms with E-state index in [2.05, 4.69) is 4.72 Å². The monoisotopic (exact) mass is 308 g/mol. The Bertz CT molecular complexity index is 665. The lowest BCUT2D eigenvalue weighted by atomic mass is 10.3. The highest BCUT2D eigenvalue weighted by Gasteiger charge is 2.19. The van der Waals surface area contributed by atoms with Crippen LogP contribution in [0.3, 0.4) is 0 Å². The second kappa shape index (κ2) is 5.35. The topological polar surface area (TPSA) is 116 Å². The average molecular weight is 308 g/mol. The van der Waals surface area contributed by atoms with Gasteiger partial charge in [0.2, 0.25) is 20.0 Å². The summed E-state index contributed by atoms with van der Waals surface area (Å²) in [5, 5.41) is 4.39. The van der Waals surface area contributed by atoms with Gasteiger partial charge in [0.1, 0.15) is 10.6 Å². The largest absolute Gasteiger partial charge is 0.495 e. The zero-order chi connectivity index (χ0) is 14.8. The second-order valence-corrected chi connectivity index (χ2v) is 7.87. The Kier molecular flexibility index (Phi) is 4.43. The molecule has 0 heterocycles. The van der Waals surface area contributed by atoms with Crippen LogP contribution in [0, 0.1) is 0 Å². The van der Waals surface area contributed by atoms with E-state index >= 15 is 0 Å². The normalized spacial score (nSPS) is 12.5. The number of hydrogen-bond acceptors (Lipinski definition) is 5. The van der Waals surface area contributed by atoms with Crippen molar-refractivity contribution < 1.29 is 21.6 Å². The van der Waals surface area contributed by atoms with Gasteiger partial charge in [-0.1, -0.05) is 0 Å². The Labute approximate surface area is 112 Å². The van der Waals surface area contributed by atoms with E-state index in [-0.39, 0.29) is 16.3 Å². The Morgan fingerprint density at radius 2 is 1.79 bits per heavy atom. The minimum atomic E-state index is -4.00. The number of nitrogens with one attached hydrogen (secondary N) is 1. The van der Waals surface area contributed by atoms with Crippen LogP contribution in [0.15, 0.2) is 23.1 Å². The van der Waals surface area contributed by atoms with Crippen molar-refractivity contribution in [1.29, 1.82) is 0 Å². The van der Waals surface area contributed by atoms with E-state index in [1.165, 1.54) is 33.1 Å². The molecule has 0 aliphatic heterocycles. The van der Waals surface area contributed by atoms with Gasteiger partial charge in [-0.2, -0.15) is 0 Å². The standard InChI is InChI=1S/C10H16N2O5S2/c1-7(2)19(15,16)12-8-4-5-9(17-3)10(6-8)18(11,13)14/h4-7,12H,1-3H3,(H2,11,13,14). The second-order valence-electron chi connectivity index (χ2n) is 4.11. The highest BCUT2D eigenvalue weighted by atomic mass is 32.2. The maximum atomic E-state index is 11.7. The molecule has 0 unspecified atom stereocenters. The third kappa shape index (κ3) is 3.82. The third-order valence-corrected chi connectivity index (χ3v) is 5.04. The zero-order valence-corrected chi connectivity index (χ0v) is 12.4. The molecule has 0 spiro atoms. The first-order chi connectivity index (χ1) is 8.58. The number of anilines is 1. The summed E-state index contributed by atoms with van der Waals surface area (Å²) in [6, 6.07) is 3.85. The minimum absolute atomic E-state index is 0.0509. The smallest absolute Gasteiger partial charge is 0.241 e. The van der Waals surface area contributed by atoms with Crippen LogP contribution in [0.5, 0.6) is 5.75 Å². The number of ether oxygens (including phenoxy) is 1. The molecule has 0 radical (unpaired) electrons. The molecule has 0 saturated carbocycles. The predicted molar refractivity (Wildman–Crippen MR) is 72.0 cm³/mol. The number of benzene rings is 1. The molecule has 9 heteroatoms. The van der Waals surface area contributed by atoms with E-state index in [0.29, 0.717) is 0 Å². The fourth-order valence-corrected chi connectivity index (χ4v) is 2.66. The van der Waals surface area contributed by atoms with E-state index in [0.717, 1.165) is 6.07 Å². The van der Waals surface area contributed by atoms with Crippen LogP contribution in [0.4, 0.5) is 5.69 Å². The van der Waals surface area contributed by atoms with Crippen molar-refractivity contribution in [3.05, 3.63) is 18.2 Å². The average Bonchev–Trinajstić information content (AvgIpc) is 2.27. The van der Waals surface area contributed by atoms with Gasteiger partial charge in [-0.3, -0.25) is 4.72 Å². The zero-order valence-electron chi connectivity index (χ0n) is 10.7. The molecule has 1 aromatic rings. The van der Waals surface area contributed by atoms with Crippen molar-refractivity contribution in [1.82, 2.24) is 0 Å². The summed E-state index contributed by atoms with van der Waals surface area (Å²) in [4.78, 5) is -0.279. The van der Waals surface area contributed by atoms with Crippen molar-refractivity contribution in [2.45, 2.75) is 24.0 Å². The Hall–Kier alpha value is -1.32. The lowest BCUT2D eigenvalue weighted by molar-refractivity contribution is 0.403.